The summed E-state index contributed by atoms with van der Waals surface area (Å²) in [6, 6.07) is 6.07. The Morgan fingerprint density at radius 2 is 2.12 bits per heavy atom. The average Bonchev–Trinajstić information content (AvgIpc) is 3.20. The van der Waals surface area contributed by atoms with Crippen LogP contribution in [0.5, 0.6) is 0 Å². The summed E-state index contributed by atoms with van der Waals surface area (Å²) < 4.78 is 5.37. The van der Waals surface area contributed by atoms with Gasteiger partial charge >= 0.3 is 0 Å². The van der Waals surface area contributed by atoms with Crippen molar-refractivity contribution >= 4 is 16.8 Å². The first-order chi connectivity index (χ1) is 11.7. The molecule has 5 nitrogen and oxygen atoms in total. The van der Waals surface area contributed by atoms with Gasteiger partial charge in [-0.05, 0) is 43.0 Å². The number of hydrogen-bond donors (Lipinski definition) is 1. The van der Waals surface area contributed by atoms with Crippen LogP contribution in [0, 0.1) is 0 Å². The zero-order valence-corrected chi connectivity index (χ0v) is 14.3. The van der Waals surface area contributed by atoms with Gasteiger partial charge in [0.15, 0.2) is 0 Å². The van der Waals surface area contributed by atoms with Crippen molar-refractivity contribution in [2.45, 2.75) is 19.3 Å². The number of aromatic nitrogens is 1. The maximum atomic E-state index is 12.8. The molecule has 24 heavy (non-hydrogen) atoms. The number of morpholine rings is 1. The molecule has 1 aliphatic heterocycles. The molecule has 5 heteroatoms. The van der Waals surface area contributed by atoms with E-state index in [1.165, 1.54) is 23.1 Å². The largest absolute Gasteiger partial charge is 0.379 e. The topological polar surface area (TPSA) is 48.6 Å². The highest BCUT2D eigenvalue weighted by Gasteiger charge is 2.19. The van der Waals surface area contributed by atoms with Gasteiger partial charge in [0.25, 0.3) is 5.91 Å². The number of carbonyl (C=O) groups is 1. The first-order valence-electron chi connectivity index (χ1n) is 8.91. The highest BCUT2D eigenvalue weighted by Crippen LogP contribution is 2.30. The number of hydrogen-bond acceptors (Lipinski definition) is 3. The Kier molecular flexibility index (Phi) is 4.29. The molecule has 0 unspecified atom stereocenters. The Morgan fingerprint density at radius 1 is 1.29 bits per heavy atom. The number of likely N-dealkylation sites (N-methyl/N-ethyl adjacent to an activating group) is 1. The number of amides is 1. The molecule has 0 radical (unpaired) electrons. The van der Waals surface area contributed by atoms with Gasteiger partial charge in [0.05, 0.1) is 13.2 Å². The van der Waals surface area contributed by atoms with Crippen LogP contribution < -0.4 is 0 Å². The van der Waals surface area contributed by atoms with Crippen molar-refractivity contribution in [2.75, 3.05) is 46.4 Å². The summed E-state index contributed by atoms with van der Waals surface area (Å²) in [5, 5.41) is 1.23. The van der Waals surface area contributed by atoms with Crippen molar-refractivity contribution in [1.29, 1.82) is 0 Å². The minimum Gasteiger partial charge on any atom is -0.379 e. The summed E-state index contributed by atoms with van der Waals surface area (Å²) in [7, 11) is 1.90. The van der Waals surface area contributed by atoms with Gasteiger partial charge in [-0.15, -0.1) is 0 Å². The monoisotopic (exact) mass is 327 g/mol. The highest BCUT2D eigenvalue weighted by atomic mass is 16.5. The van der Waals surface area contributed by atoms with E-state index in [1.54, 1.807) is 0 Å². The van der Waals surface area contributed by atoms with Gasteiger partial charge in [-0.2, -0.15) is 0 Å². The fraction of sp³-hybridized carbons (Fsp3) is 0.526. The molecule has 1 saturated heterocycles. The molecular formula is C19H25N3O2. The molecule has 2 aromatic rings. The van der Waals surface area contributed by atoms with Crippen LogP contribution in [-0.4, -0.2) is 67.1 Å². The number of ether oxygens (including phenoxy) is 1. The predicted molar refractivity (Wildman–Crippen MR) is 94.5 cm³/mol. The van der Waals surface area contributed by atoms with Crippen molar-refractivity contribution in [2.24, 2.45) is 0 Å². The Bertz CT molecular complexity index is 746. The van der Waals surface area contributed by atoms with Gasteiger partial charge in [0.1, 0.15) is 0 Å². The van der Waals surface area contributed by atoms with Crippen molar-refractivity contribution in [3.63, 3.8) is 0 Å². The van der Waals surface area contributed by atoms with Gasteiger partial charge in [-0.1, -0.05) is 0 Å². The van der Waals surface area contributed by atoms with Crippen LogP contribution in [0.15, 0.2) is 18.2 Å². The molecule has 1 aliphatic carbocycles. The number of H-pyrrole nitrogens is 1. The normalized spacial score (nSPS) is 18.0. The van der Waals surface area contributed by atoms with E-state index < -0.39 is 0 Å². The number of aromatic amines is 1. The third kappa shape index (κ3) is 2.94. The second-order valence-corrected chi connectivity index (χ2v) is 6.88. The van der Waals surface area contributed by atoms with Crippen LogP contribution in [0.1, 0.15) is 28.0 Å². The Morgan fingerprint density at radius 3 is 2.96 bits per heavy atom. The molecule has 1 aromatic heterocycles. The van der Waals surface area contributed by atoms with E-state index in [1.807, 2.05) is 18.0 Å². The summed E-state index contributed by atoms with van der Waals surface area (Å²) in [6.45, 7) is 5.18. The summed E-state index contributed by atoms with van der Waals surface area (Å²) in [6.07, 6.45) is 3.47. The molecule has 4 rings (SSSR count). The van der Waals surface area contributed by atoms with E-state index in [4.69, 9.17) is 4.74 Å². The van der Waals surface area contributed by atoms with Crippen LogP contribution in [0.4, 0.5) is 0 Å². The molecule has 0 spiro atoms. The second kappa shape index (κ2) is 6.57. The molecule has 1 fully saturated rings. The maximum Gasteiger partial charge on any atom is 0.253 e. The van der Waals surface area contributed by atoms with Crippen LogP contribution in [0.3, 0.4) is 0 Å². The summed E-state index contributed by atoms with van der Waals surface area (Å²) >= 11 is 0. The van der Waals surface area contributed by atoms with Crippen LogP contribution in [0.2, 0.25) is 0 Å². The third-order valence-corrected chi connectivity index (χ3v) is 5.30. The number of nitrogens with zero attached hydrogens (tertiary/aromatic N) is 2. The van der Waals surface area contributed by atoms with Gasteiger partial charge < -0.3 is 14.6 Å². The average molecular weight is 327 g/mol. The molecule has 2 aliphatic rings. The number of benzene rings is 1. The maximum absolute atomic E-state index is 12.8. The van der Waals surface area contributed by atoms with Crippen molar-refractivity contribution in [1.82, 2.24) is 14.8 Å². The molecule has 0 atom stereocenters. The summed E-state index contributed by atoms with van der Waals surface area (Å²) in [4.78, 5) is 20.4. The number of rotatable bonds is 4. The van der Waals surface area contributed by atoms with Crippen molar-refractivity contribution in [3.8, 4) is 0 Å². The molecular weight excluding hydrogens is 302 g/mol. The zero-order valence-electron chi connectivity index (χ0n) is 14.3. The van der Waals surface area contributed by atoms with Crippen LogP contribution >= 0.6 is 0 Å². The van der Waals surface area contributed by atoms with E-state index in [0.29, 0.717) is 0 Å². The molecule has 128 valence electrons. The third-order valence-electron chi connectivity index (χ3n) is 5.30. The van der Waals surface area contributed by atoms with Gasteiger partial charge in [0.2, 0.25) is 0 Å². The van der Waals surface area contributed by atoms with E-state index in [9.17, 15) is 4.79 Å². The summed E-state index contributed by atoms with van der Waals surface area (Å²) in [5.74, 6) is 0.109. The quantitative estimate of drug-likeness (QED) is 0.935. The fourth-order valence-electron chi connectivity index (χ4n) is 3.82. The number of carbonyl (C=O) groups excluding carboxylic acids is 1. The van der Waals surface area contributed by atoms with Gasteiger partial charge in [-0.25, -0.2) is 0 Å². The van der Waals surface area contributed by atoms with E-state index in [2.05, 4.69) is 22.0 Å². The van der Waals surface area contributed by atoms with E-state index in [-0.39, 0.29) is 5.91 Å². The molecule has 1 aromatic carbocycles. The van der Waals surface area contributed by atoms with Crippen molar-refractivity contribution < 1.29 is 9.53 Å². The lowest BCUT2D eigenvalue weighted by Gasteiger charge is -2.28. The molecule has 1 N–H and O–H groups in total. The fourth-order valence-corrected chi connectivity index (χ4v) is 3.82. The van der Waals surface area contributed by atoms with E-state index >= 15 is 0 Å². The number of nitrogens with one attached hydrogen (secondary N) is 1. The minimum absolute atomic E-state index is 0.109. The lowest BCUT2D eigenvalue weighted by molar-refractivity contribution is 0.0338. The van der Waals surface area contributed by atoms with Crippen molar-refractivity contribution in [3.05, 3.63) is 35.0 Å². The van der Waals surface area contributed by atoms with E-state index in [0.717, 1.165) is 63.3 Å². The first-order valence-corrected chi connectivity index (χ1v) is 8.91. The minimum atomic E-state index is 0.109. The first kappa shape index (κ1) is 15.7. The van der Waals surface area contributed by atoms with Gasteiger partial charge in [0, 0.05) is 55.4 Å². The standard InChI is InChI=1S/C19H25N3O2/c1-21(7-8-22-9-11-24-12-10-22)19(23)14-5-6-18-16(13-14)15-3-2-4-17(15)20-18/h5-6,13,20H,2-4,7-12H2,1H3. The number of aryl methyl sites for hydroxylation is 2. The van der Waals surface area contributed by atoms with Crippen LogP contribution in [0.25, 0.3) is 10.9 Å². The highest BCUT2D eigenvalue weighted by molar-refractivity contribution is 5.99. The lowest BCUT2D eigenvalue weighted by atomic mass is 10.1. The van der Waals surface area contributed by atoms with Crippen LogP contribution in [-0.2, 0) is 17.6 Å². The molecule has 0 saturated carbocycles. The molecule has 0 bridgehead atoms. The Balaban J connectivity index is 1.46. The lowest BCUT2D eigenvalue weighted by Crippen LogP contribution is -2.41. The molecule has 2 heterocycles. The van der Waals surface area contributed by atoms with Gasteiger partial charge in [-0.3, -0.25) is 9.69 Å². The SMILES string of the molecule is CN(CCN1CCOCC1)C(=O)c1ccc2[nH]c3c(c2c1)CCC3. The smallest absolute Gasteiger partial charge is 0.253 e. The Hall–Kier alpha value is -1.85. The predicted octanol–water partition coefficient (Wildman–Crippen LogP) is 2.06. The second-order valence-electron chi connectivity index (χ2n) is 6.88. The molecule has 1 amide bonds. The Labute approximate surface area is 142 Å². The summed E-state index contributed by atoms with van der Waals surface area (Å²) in [5.41, 5.74) is 4.72. The zero-order chi connectivity index (χ0) is 16.5. The number of fused-ring (bicyclic) bond motifs is 3.